The molecule has 1 aromatic heterocycles. The molecule has 2 fully saturated rings. The fourth-order valence-corrected chi connectivity index (χ4v) is 4.62. The quantitative estimate of drug-likeness (QED) is 0.916. The number of amides is 1. The average Bonchev–Trinajstić information content (AvgIpc) is 2.87. The van der Waals surface area contributed by atoms with Crippen molar-refractivity contribution < 1.29 is 9.32 Å². The molecule has 5 nitrogen and oxygen atoms in total. The zero-order valence-electron chi connectivity index (χ0n) is 13.4. The molecule has 3 rings (SSSR count). The predicted octanol–water partition coefficient (Wildman–Crippen LogP) is 1.67. The maximum Gasteiger partial charge on any atom is 0.225 e. The maximum absolute atomic E-state index is 11.9. The Kier molecular flexibility index (Phi) is 3.17. The minimum atomic E-state index is -0.289. The smallest absolute Gasteiger partial charge is 0.225 e. The molecule has 5 heteroatoms. The molecule has 1 amide bonds. The molecule has 1 aliphatic heterocycles. The van der Waals surface area contributed by atoms with Crippen LogP contribution in [0, 0.1) is 30.6 Å². The predicted molar refractivity (Wildman–Crippen MR) is 79.6 cm³/mol. The van der Waals surface area contributed by atoms with Crippen LogP contribution in [0.25, 0.3) is 0 Å². The SMILES string of the molecule is Cc1noc(C)c1CCN1C[C@@H]2C(C)(C)C[C@]2(C(N)=O)C1. The maximum atomic E-state index is 11.9. The van der Waals surface area contributed by atoms with Crippen LogP contribution in [0.1, 0.15) is 37.3 Å². The lowest BCUT2D eigenvalue weighted by molar-refractivity contribution is -0.148. The summed E-state index contributed by atoms with van der Waals surface area (Å²) in [5, 5.41) is 4.00. The Labute approximate surface area is 125 Å². The molecule has 116 valence electrons. The van der Waals surface area contributed by atoms with Gasteiger partial charge in [-0.05, 0) is 38.0 Å². The van der Waals surface area contributed by atoms with Crippen LogP contribution in [-0.4, -0.2) is 35.6 Å². The highest BCUT2D eigenvalue weighted by atomic mass is 16.5. The lowest BCUT2D eigenvalue weighted by Crippen LogP contribution is -2.59. The van der Waals surface area contributed by atoms with E-state index in [1.807, 2.05) is 13.8 Å². The highest BCUT2D eigenvalue weighted by Gasteiger charge is 2.65. The van der Waals surface area contributed by atoms with Gasteiger partial charge in [0.2, 0.25) is 5.91 Å². The first-order valence-electron chi connectivity index (χ1n) is 7.70. The number of nitrogens with zero attached hydrogens (tertiary/aromatic N) is 2. The minimum absolute atomic E-state index is 0.119. The highest BCUT2D eigenvalue weighted by molar-refractivity contribution is 5.83. The van der Waals surface area contributed by atoms with E-state index in [1.165, 1.54) is 5.56 Å². The van der Waals surface area contributed by atoms with E-state index in [2.05, 4.69) is 23.9 Å². The Bertz CT molecular complexity index is 559. The number of fused-ring (bicyclic) bond motifs is 1. The largest absolute Gasteiger partial charge is 0.369 e. The number of hydrogen-bond acceptors (Lipinski definition) is 4. The fraction of sp³-hybridized carbons (Fsp3) is 0.750. The van der Waals surface area contributed by atoms with Crippen molar-refractivity contribution in [1.82, 2.24) is 10.1 Å². The summed E-state index contributed by atoms with van der Waals surface area (Å²) in [6.45, 7) is 11.1. The van der Waals surface area contributed by atoms with Crippen LogP contribution in [0.3, 0.4) is 0 Å². The second kappa shape index (κ2) is 4.57. The molecular formula is C16H25N3O2. The van der Waals surface area contributed by atoms with Crippen LogP contribution in [0.4, 0.5) is 0 Å². The second-order valence-corrected chi connectivity index (χ2v) is 7.53. The van der Waals surface area contributed by atoms with E-state index in [4.69, 9.17) is 10.3 Å². The molecule has 2 atom stereocenters. The van der Waals surface area contributed by atoms with Crippen molar-refractivity contribution in [1.29, 1.82) is 0 Å². The number of carbonyl (C=O) groups excluding carboxylic acids is 1. The number of likely N-dealkylation sites (tertiary alicyclic amines) is 1. The van der Waals surface area contributed by atoms with E-state index < -0.39 is 0 Å². The van der Waals surface area contributed by atoms with Gasteiger partial charge in [-0.2, -0.15) is 0 Å². The van der Waals surface area contributed by atoms with Crippen LogP contribution in [0.2, 0.25) is 0 Å². The molecule has 0 unspecified atom stereocenters. The Balaban J connectivity index is 1.68. The van der Waals surface area contributed by atoms with Crippen molar-refractivity contribution in [3.63, 3.8) is 0 Å². The average molecular weight is 291 g/mol. The molecular weight excluding hydrogens is 266 g/mol. The zero-order valence-corrected chi connectivity index (χ0v) is 13.4. The Hall–Kier alpha value is -1.36. The molecule has 2 N–H and O–H groups in total. The van der Waals surface area contributed by atoms with Crippen molar-refractivity contribution in [3.8, 4) is 0 Å². The number of aryl methyl sites for hydroxylation is 2. The lowest BCUT2D eigenvalue weighted by Gasteiger charge is -2.54. The summed E-state index contributed by atoms with van der Waals surface area (Å²) in [5.41, 5.74) is 7.81. The van der Waals surface area contributed by atoms with E-state index in [0.717, 1.165) is 43.9 Å². The van der Waals surface area contributed by atoms with Gasteiger partial charge in [0, 0.05) is 25.2 Å². The van der Waals surface area contributed by atoms with Crippen LogP contribution in [0.5, 0.6) is 0 Å². The molecule has 1 aliphatic carbocycles. The van der Waals surface area contributed by atoms with E-state index in [0.29, 0.717) is 5.92 Å². The monoisotopic (exact) mass is 291 g/mol. The second-order valence-electron chi connectivity index (χ2n) is 7.53. The standard InChI is InChI=1S/C16H25N3O2/c1-10-12(11(2)21-18-10)5-6-19-7-13-15(3,4)8-16(13,9-19)14(17)20/h13H,5-9H2,1-4H3,(H2,17,20)/t13-,16+/m1/s1. The number of nitrogens with two attached hydrogens (primary N) is 1. The first-order valence-corrected chi connectivity index (χ1v) is 7.70. The molecule has 0 aromatic carbocycles. The van der Waals surface area contributed by atoms with Crippen LogP contribution in [0.15, 0.2) is 4.52 Å². The van der Waals surface area contributed by atoms with E-state index in [-0.39, 0.29) is 16.7 Å². The van der Waals surface area contributed by atoms with Gasteiger partial charge in [-0.3, -0.25) is 4.79 Å². The summed E-state index contributed by atoms with van der Waals surface area (Å²) in [4.78, 5) is 14.3. The molecule has 2 aliphatic rings. The zero-order chi connectivity index (χ0) is 15.4. The van der Waals surface area contributed by atoms with Crippen LogP contribution < -0.4 is 5.73 Å². The highest BCUT2D eigenvalue weighted by Crippen LogP contribution is 2.62. The first-order chi connectivity index (χ1) is 9.76. The number of hydrogen-bond donors (Lipinski definition) is 1. The fourth-order valence-electron chi connectivity index (χ4n) is 4.62. The van der Waals surface area contributed by atoms with Gasteiger partial charge in [0.15, 0.2) is 0 Å². The Morgan fingerprint density at radius 3 is 2.67 bits per heavy atom. The topological polar surface area (TPSA) is 72.4 Å². The summed E-state index contributed by atoms with van der Waals surface area (Å²) >= 11 is 0. The number of carbonyl (C=O) groups is 1. The summed E-state index contributed by atoms with van der Waals surface area (Å²) in [7, 11) is 0. The molecule has 0 bridgehead atoms. The van der Waals surface area contributed by atoms with Gasteiger partial charge in [0.25, 0.3) is 0 Å². The summed E-state index contributed by atoms with van der Waals surface area (Å²) in [6.07, 6.45) is 1.84. The first kappa shape index (κ1) is 14.6. The van der Waals surface area contributed by atoms with Gasteiger partial charge in [-0.25, -0.2) is 0 Å². The molecule has 2 heterocycles. The van der Waals surface area contributed by atoms with E-state index in [1.54, 1.807) is 0 Å². The number of aromatic nitrogens is 1. The van der Waals surface area contributed by atoms with Gasteiger partial charge in [-0.1, -0.05) is 19.0 Å². The Morgan fingerprint density at radius 1 is 1.48 bits per heavy atom. The van der Waals surface area contributed by atoms with E-state index >= 15 is 0 Å². The van der Waals surface area contributed by atoms with Crippen molar-refractivity contribution in [2.45, 2.75) is 40.5 Å². The Morgan fingerprint density at radius 2 is 2.19 bits per heavy atom. The van der Waals surface area contributed by atoms with Crippen molar-refractivity contribution in [3.05, 3.63) is 17.0 Å². The van der Waals surface area contributed by atoms with Gasteiger partial charge in [0.05, 0.1) is 11.1 Å². The third-order valence-corrected chi connectivity index (χ3v) is 5.68. The molecule has 1 aromatic rings. The van der Waals surface area contributed by atoms with Crippen LogP contribution in [-0.2, 0) is 11.2 Å². The van der Waals surface area contributed by atoms with Crippen molar-refractivity contribution in [2.75, 3.05) is 19.6 Å². The van der Waals surface area contributed by atoms with Crippen molar-refractivity contribution >= 4 is 5.91 Å². The number of rotatable bonds is 4. The van der Waals surface area contributed by atoms with Crippen LogP contribution >= 0.6 is 0 Å². The molecule has 0 radical (unpaired) electrons. The van der Waals surface area contributed by atoms with Gasteiger partial charge in [0.1, 0.15) is 5.76 Å². The lowest BCUT2D eigenvalue weighted by atomic mass is 9.48. The minimum Gasteiger partial charge on any atom is -0.369 e. The molecule has 1 saturated heterocycles. The third kappa shape index (κ3) is 2.09. The van der Waals surface area contributed by atoms with E-state index in [9.17, 15) is 4.79 Å². The molecule has 1 saturated carbocycles. The van der Waals surface area contributed by atoms with Crippen molar-refractivity contribution in [2.24, 2.45) is 22.5 Å². The van der Waals surface area contributed by atoms with Gasteiger partial charge in [-0.15, -0.1) is 0 Å². The third-order valence-electron chi connectivity index (χ3n) is 5.68. The molecule has 0 spiro atoms. The summed E-state index contributed by atoms with van der Waals surface area (Å²) in [6, 6.07) is 0. The van der Waals surface area contributed by atoms with Gasteiger partial charge < -0.3 is 15.2 Å². The van der Waals surface area contributed by atoms with Gasteiger partial charge >= 0.3 is 0 Å². The number of primary amides is 1. The summed E-state index contributed by atoms with van der Waals surface area (Å²) < 4.78 is 5.21. The molecule has 21 heavy (non-hydrogen) atoms. The summed E-state index contributed by atoms with van der Waals surface area (Å²) in [5.74, 6) is 1.18. The normalized spacial score (nSPS) is 31.0.